The second-order valence-corrected chi connectivity index (χ2v) is 5.91. The maximum atomic E-state index is 6.31. The Morgan fingerprint density at radius 1 is 1.30 bits per heavy atom. The minimum atomic E-state index is 0.0782. The molecule has 3 nitrogen and oxygen atoms in total. The van der Waals surface area contributed by atoms with Crippen molar-refractivity contribution in [1.82, 2.24) is 4.90 Å². The molecule has 0 amide bonds. The van der Waals surface area contributed by atoms with Crippen molar-refractivity contribution in [1.29, 1.82) is 0 Å². The lowest BCUT2D eigenvalue weighted by Gasteiger charge is -2.29. The Bertz CT molecular complexity index is 384. The second-order valence-electron chi connectivity index (χ2n) is 5.91. The SMILES string of the molecule is CCc1ccc(C(N)CN(C)CC2CCCCO2)cc1. The van der Waals surface area contributed by atoms with E-state index in [4.69, 9.17) is 10.5 Å². The average molecular weight is 276 g/mol. The van der Waals surface area contributed by atoms with Gasteiger partial charge in [0.1, 0.15) is 0 Å². The number of aryl methyl sites for hydroxylation is 1. The summed E-state index contributed by atoms with van der Waals surface area (Å²) in [6.45, 7) is 4.96. The Kier molecular flexibility index (Phi) is 6.02. The first-order valence-electron chi connectivity index (χ1n) is 7.83. The van der Waals surface area contributed by atoms with Crippen LogP contribution in [0.3, 0.4) is 0 Å². The van der Waals surface area contributed by atoms with Crippen LogP contribution in [0, 0.1) is 0 Å². The van der Waals surface area contributed by atoms with Crippen LogP contribution in [-0.2, 0) is 11.2 Å². The van der Waals surface area contributed by atoms with Gasteiger partial charge in [-0.05, 0) is 43.9 Å². The van der Waals surface area contributed by atoms with Gasteiger partial charge in [0.15, 0.2) is 0 Å². The highest BCUT2D eigenvalue weighted by Gasteiger charge is 2.17. The highest BCUT2D eigenvalue weighted by molar-refractivity contribution is 5.25. The molecule has 0 saturated carbocycles. The fourth-order valence-electron chi connectivity index (χ4n) is 2.82. The highest BCUT2D eigenvalue weighted by Crippen LogP contribution is 2.16. The van der Waals surface area contributed by atoms with Gasteiger partial charge in [-0.1, -0.05) is 31.2 Å². The van der Waals surface area contributed by atoms with Crippen LogP contribution in [0.5, 0.6) is 0 Å². The predicted molar refractivity (Wildman–Crippen MR) is 83.8 cm³/mol. The molecule has 1 aromatic carbocycles. The third kappa shape index (κ3) is 4.58. The Morgan fingerprint density at radius 2 is 2.05 bits per heavy atom. The van der Waals surface area contributed by atoms with Crippen LogP contribution in [0.25, 0.3) is 0 Å². The van der Waals surface area contributed by atoms with Crippen molar-refractivity contribution in [3.8, 4) is 0 Å². The molecule has 2 N–H and O–H groups in total. The molecule has 1 fully saturated rings. The van der Waals surface area contributed by atoms with Gasteiger partial charge >= 0.3 is 0 Å². The van der Waals surface area contributed by atoms with E-state index >= 15 is 0 Å². The van der Waals surface area contributed by atoms with Crippen LogP contribution in [0.2, 0.25) is 0 Å². The lowest BCUT2D eigenvalue weighted by Crippen LogP contribution is -2.37. The fourth-order valence-corrected chi connectivity index (χ4v) is 2.82. The van der Waals surface area contributed by atoms with Crippen molar-refractivity contribution in [2.45, 2.75) is 44.8 Å². The number of nitrogens with two attached hydrogens (primary N) is 1. The number of nitrogens with zero attached hydrogens (tertiary/aromatic N) is 1. The molecule has 0 spiro atoms. The first-order valence-corrected chi connectivity index (χ1v) is 7.83. The van der Waals surface area contributed by atoms with E-state index in [0.717, 1.165) is 26.1 Å². The smallest absolute Gasteiger partial charge is 0.0701 e. The maximum Gasteiger partial charge on any atom is 0.0701 e. The summed E-state index contributed by atoms with van der Waals surface area (Å²) >= 11 is 0. The topological polar surface area (TPSA) is 38.5 Å². The van der Waals surface area contributed by atoms with Crippen LogP contribution in [0.4, 0.5) is 0 Å². The van der Waals surface area contributed by atoms with E-state index in [9.17, 15) is 0 Å². The number of rotatable bonds is 6. The molecule has 1 aliphatic rings. The van der Waals surface area contributed by atoms with Crippen LogP contribution in [-0.4, -0.2) is 37.7 Å². The van der Waals surface area contributed by atoms with Crippen molar-refractivity contribution >= 4 is 0 Å². The highest BCUT2D eigenvalue weighted by atomic mass is 16.5. The molecule has 1 heterocycles. The zero-order valence-electron chi connectivity index (χ0n) is 12.8. The van der Waals surface area contributed by atoms with Crippen LogP contribution >= 0.6 is 0 Å². The van der Waals surface area contributed by atoms with Gasteiger partial charge in [-0.3, -0.25) is 0 Å². The molecule has 1 aliphatic heterocycles. The molecule has 0 aromatic heterocycles. The summed E-state index contributed by atoms with van der Waals surface area (Å²) < 4.78 is 5.78. The summed E-state index contributed by atoms with van der Waals surface area (Å²) in [5, 5.41) is 0. The minimum absolute atomic E-state index is 0.0782. The van der Waals surface area contributed by atoms with Gasteiger partial charge in [-0.2, -0.15) is 0 Å². The van der Waals surface area contributed by atoms with Gasteiger partial charge in [0, 0.05) is 25.7 Å². The third-order valence-electron chi connectivity index (χ3n) is 4.11. The van der Waals surface area contributed by atoms with Crippen molar-refractivity contribution in [3.63, 3.8) is 0 Å². The van der Waals surface area contributed by atoms with E-state index in [-0.39, 0.29) is 6.04 Å². The standard InChI is InChI=1S/C17H28N2O/c1-3-14-7-9-15(10-8-14)17(18)13-19(2)12-16-6-4-5-11-20-16/h7-10,16-17H,3-6,11-13,18H2,1-2H3. The number of hydrogen-bond donors (Lipinski definition) is 1. The van der Waals surface area contributed by atoms with Crippen molar-refractivity contribution in [3.05, 3.63) is 35.4 Å². The number of likely N-dealkylation sites (N-methyl/N-ethyl adjacent to an activating group) is 1. The van der Waals surface area contributed by atoms with Gasteiger partial charge in [-0.25, -0.2) is 0 Å². The molecule has 2 atom stereocenters. The molecular weight excluding hydrogens is 248 g/mol. The Hall–Kier alpha value is -0.900. The van der Waals surface area contributed by atoms with Crippen LogP contribution < -0.4 is 5.73 Å². The zero-order chi connectivity index (χ0) is 14.4. The molecule has 1 saturated heterocycles. The number of benzene rings is 1. The first-order chi connectivity index (χ1) is 9.69. The monoisotopic (exact) mass is 276 g/mol. The number of hydrogen-bond acceptors (Lipinski definition) is 3. The fraction of sp³-hybridized carbons (Fsp3) is 0.647. The van der Waals surface area contributed by atoms with Gasteiger partial charge in [0.2, 0.25) is 0 Å². The summed E-state index contributed by atoms with van der Waals surface area (Å²) in [4.78, 5) is 2.30. The molecule has 3 heteroatoms. The predicted octanol–water partition coefficient (Wildman–Crippen LogP) is 2.75. The Labute approximate surface area is 123 Å². The molecule has 0 aliphatic carbocycles. The van der Waals surface area contributed by atoms with Gasteiger partial charge in [0.25, 0.3) is 0 Å². The second kappa shape index (κ2) is 7.77. The van der Waals surface area contributed by atoms with E-state index < -0.39 is 0 Å². The van der Waals surface area contributed by atoms with Gasteiger partial charge in [0.05, 0.1) is 6.10 Å². The normalized spacial score (nSPS) is 21.1. The van der Waals surface area contributed by atoms with Crippen LogP contribution in [0.1, 0.15) is 43.4 Å². The lowest BCUT2D eigenvalue weighted by atomic mass is 10.0. The zero-order valence-corrected chi connectivity index (χ0v) is 12.8. The maximum absolute atomic E-state index is 6.31. The first kappa shape index (κ1) is 15.5. The summed E-state index contributed by atoms with van der Waals surface area (Å²) in [5.41, 5.74) is 8.90. The molecule has 20 heavy (non-hydrogen) atoms. The van der Waals surface area contributed by atoms with E-state index in [0.29, 0.717) is 6.10 Å². The van der Waals surface area contributed by atoms with E-state index in [1.54, 1.807) is 0 Å². The van der Waals surface area contributed by atoms with Crippen molar-refractivity contribution in [2.75, 3.05) is 26.7 Å². The van der Waals surface area contributed by atoms with E-state index in [1.165, 1.54) is 30.4 Å². The summed E-state index contributed by atoms with van der Waals surface area (Å²) in [6, 6.07) is 8.76. The molecule has 2 rings (SSSR count). The van der Waals surface area contributed by atoms with Crippen molar-refractivity contribution in [2.24, 2.45) is 5.73 Å². The van der Waals surface area contributed by atoms with Gasteiger partial charge < -0.3 is 15.4 Å². The molecule has 0 bridgehead atoms. The Balaban J connectivity index is 1.81. The van der Waals surface area contributed by atoms with Crippen LogP contribution in [0.15, 0.2) is 24.3 Å². The quantitative estimate of drug-likeness (QED) is 0.868. The van der Waals surface area contributed by atoms with E-state index in [1.807, 2.05) is 0 Å². The largest absolute Gasteiger partial charge is 0.377 e. The summed E-state index contributed by atoms with van der Waals surface area (Å²) in [7, 11) is 2.14. The average Bonchev–Trinajstić information content (AvgIpc) is 2.48. The number of ether oxygens (including phenoxy) is 1. The summed E-state index contributed by atoms with van der Waals surface area (Å²) in [6.07, 6.45) is 5.16. The Morgan fingerprint density at radius 3 is 2.65 bits per heavy atom. The molecule has 2 unspecified atom stereocenters. The van der Waals surface area contributed by atoms with E-state index in [2.05, 4.69) is 43.1 Å². The molecule has 0 radical (unpaired) electrons. The minimum Gasteiger partial charge on any atom is -0.377 e. The molecule has 1 aromatic rings. The van der Waals surface area contributed by atoms with Crippen molar-refractivity contribution < 1.29 is 4.74 Å². The third-order valence-corrected chi connectivity index (χ3v) is 4.11. The molecular formula is C17H28N2O. The van der Waals surface area contributed by atoms with Gasteiger partial charge in [-0.15, -0.1) is 0 Å². The summed E-state index contributed by atoms with van der Waals surface area (Å²) in [5.74, 6) is 0. The lowest BCUT2D eigenvalue weighted by molar-refractivity contribution is -0.00214. The molecule has 112 valence electrons.